The van der Waals surface area contributed by atoms with Gasteiger partial charge in [-0.15, -0.1) is 0 Å². The molecule has 0 radical (unpaired) electrons. The van der Waals surface area contributed by atoms with Crippen molar-refractivity contribution < 1.29 is 8.42 Å². The standard InChI is InChI=1S/C16H20N2O2S/c1-17(2)15-9-10-18(12-15)21(19,20)16-8-7-13-5-3-4-6-14(13)11-16/h3-8,11,15H,9-10,12H2,1-2H3. The second-order valence-electron chi connectivity index (χ2n) is 5.78. The van der Waals surface area contributed by atoms with E-state index in [1.165, 1.54) is 0 Å². The van der Waals surface area contributed by atoms with Crippen molar-refractivity contribution >= 4 is 20.8 Å². The van der Waals surface area contributed by atoms with Crippen LogP contribution in [0.2, 0.25) is 0 Å². The molecule has 0 spiro atoms. The van der Waals surface area contributed by atoms with E-state index in [1.54, 1.807) is 16.4 Å². The Kier molecular flexibility index (Phi) is 3.73. The first kappa shape index (κ1) is 14.5. The summed E-state index contributed by atoms with van der Waals surface area (Å²) in [4.78, 5) is 2.48. The number of fused-ring (bicyclic) bond motifs is 1. The van der Waals surface area contributed by atoms with Gasteiger partial charge in [0.15, 0.2) is 0 Å². The fraction of sp³-hybridized carbons (Fsp3) is 0.375. The summed E-state index contributed by atoms with van der Waals surface area (Å²) >= 11 is 0. The van der Waals surface area contributed by atoms with E-state index in [0.717, 1.165) is 17.2 Å². The van der Waals surface area contributed by atoms with Crippen molar-refractivity contribution in [1.29, 1.82) is 0 Å². The lowest BCUT2D eigenvalue weighted by atomic mass is 10.1. The average molecular weight is 304 g/mol. The average Bonchev–Trinajstić information content (AvgIpc) is 2.97. The predicted octanol–water partition coefficient (Wildman–Crippen LogP) is 2.16. The van der Waals surface area contributed by atoms with Gasteiger partial charge in [-0.3, -0.25) is 0 Å². The fourth-order valence-electron chi connectivity index (χ4n) is 2.83. The number of hydrogen-bond donors (Lipinski definition) is 0. The van der Waals surface area contributed by atoms with Crippen LogP contribution in [0.4, 0.5) is 0 Å². The molecule has 0 N–H and O–H groups in total. The molecule has 0 bridgehead atoms. The summed E-state index contributed by atoms with van der Waals surface area (Å²) in [7, 11) is 0.604. The molecule has 4 nitrogen and oxygen atoms in total. The minimum atomic E-state index is -3.39. The monoisotopic (exact) mass is 304 g/mol. The van der Waals surface area contributed by atoms with Gasteiger partial charge in [-0.25, -0.2) is 8.42 Å². The third-order valence-electron chi connectivity index (χ3n) is 4.22. The van der Waals surface area contributed by atoms with E-state index < -0.39 is 10.0 Å². The highest BCUT2D eigenvalue weighted by Gasteiger charge is 2.33. The molecule has 1 aliphatic heterocycles. The highest BCUT2D eigenvalue weighted by Crippen LogP contribution is 2.25. The maximum absolute atomic E-state index is 12.8. The van der Waals surface area contributed by atoms with Crippen LogP contribution in [0.3, 0.4) is 0 Å². The second-order valence-corrected chi connectivity index (χ2v) is 7.72. The van der Waals surface area contributed by atoms with Crippen molar-refractivity contribution in [2.45, 2.75) is 17.4 Å². The zero-order valence-corrected chi connectivity index (χ0v) is 13.2. The van der Waals surface area contributed by atoms with E-state index in [9.17, 15) is 8.42 Å². The summed E-state index contributed by atoms with van der Waals surface area (Å²) in [6, 6.07) is 13.5. The van der Waals surface area contributed by atoms with Crippen LogP contribution in [0.15, 0.2) is 47.4 Å². The van der Waals surface area contributed by atoms with Crippen LogP contribution >= 0.6 is 0 Å². The third kappa shape index (κ3) is 2.69. The molecule has 3 rings (SSSR count). The van der Waals surface area contributed by atoms with E-state index in [-0.39, 0.29) is 0 Å². The SMILES string of the molecule is CN(C)C1CCN(S(=O)(=O)c2ccc3ccccc3c2)C1. The summed E-state index contributed by atoms with van der Waals surface area (Å²) in [5, 5.41) is 2.02. The molecule has 1 aliphatic rings. The van der Waals surface area contributed by atoms with Crippen molar-refractivity contribution in [2.24, 2.45) is 0 Å². The Bertz CT molecular complexity index is 756. The molecule has 1 atom stereocenters. The Labute approximate surface area is 126 Å². The van der Waals surface area contributed by atoms with Gasteiger partial charge in [-0.2, -0.15) is 4.31 Å². The second kappa shape index (κ2) is 5.40. The summed E-state index contributed by atoms with van der Waals surface area (Å²) in [6.45, 7) is 1.17. The van der Waals surface area contributed by atoms with Gasteiger partial charge < -0.3 is 4.90 Å². The first-order chi connectivity index (χ1) is 9.98. The number of likely N-dealkylation sites (N-methyl/N-ethyl adjacent to an activating group) is 1. The largest absolute Gasteiger partial charge is 0.305 e. The molecule has 0 saturated carbocycles. The Balaban J connectivity index is 1.93. The lowest BCUT2D eigenvalue weighted by molar-refractivity contribution is 0.302. The van der Waals surface area contributed by atoms with Crippen LogP contribution in [-0.4, -0.2) is 50.8 Å². The summed E-state index contributed by atoms with van der Waals surface area (Å²) in [5.41, 5.74) is 0. The van der Waals surface area contributed by atoms with Gasteiger partial charge in [0, 0.05) is 19.1 Å². The molecule has 0 aliphatic carbocycles. The lowest BCUT2D eigenvalue weighted by Crippen LogP contribution is -2.34. The minimum absolute atomic E-state index is 0.306. The minimum Gasteiger partial charge on any atom is -0.305 e. The highest BCUT2D eigenvalue weighted by atomic mass is 32.2. The van der Waals surface area contributed by atoms with E-state index in [1.807, 2.05) is 44.4 Å². The molecule has 21 heavy (non-hydrogen) atoms. The molecule has 1 unspecified atom stereocenters. The summed E-state index contributed by atoms with van der Waals surface area (Å²) in [5.74, 6) is 0. The first-order valence-electron chi connectivity index (χ1n) is 7.14. The van der Waals surface area contributed by atoms with Crippen LogP contribution in [0.1, 0.15) is 6.42 Å². The quantitative estimate of drug-likeness (QED) is 0.872. The van der Waals surface area contributed by atoms with Gasteiger partial charge in [0.05, 0.1) is 4.90 Å². The zero-order chi connectivity index (χ0) is 15.0. The molecule has 1 heterocycles. The van der Waals surface area contributed by atoms with Gasteiger partial charge in [0.2, 0.25) is 10.0 Å². The van der Waals surface area contributed by atoms with Crippen LogP contribution in [-0.2, 0) is 10.0 Å². The highest BCUT2D eigenvalue weighted by molar-refractivity contribution is 7.89. The topological polar surface area (TPSA) is 40.6 Å². The maximum Gasteiger partial charge on any atom is 0.243 e. The van der Waals surface area contributed by atoms with E-state index >= 15 is 0 Å². The van der Waals surface area contributed by atoms with E-state index in [0.29, 0.717) is 24.0 Å². The molecule has 2 aromatic carbocycles. The Morgan fingerprint density at radius 2 is 1.81 bits per heavy atom. The Hall–Kier alpha value is -1.43. The van der Waals surface area contributed by atoms with Gasteiger partial charge >= 0.3 is 0 Å². The number of rotatable bonds is 3. The molecule has 112 valence electrons. The Morgan fingerprint density at radius 1 is 1.10 bits per heavy atom. The van der Waals surface area contributed by atoms with Crippen LogP contribution in [0.25, 0.3) is 10.8 Å². The van der Waals surface area contributed by atoms with Crippen molar-refractivity contribution in [2.75, 3.05) is 27.2 Å². The molecular weight excluding hydrogens is 284 g/mol. The zero-order valence-electron chi connectivity index (χ0n) is 12.4. The third-order valence-corrected chi connectivity index (χ3v) is 6.08. The van der Waals surface area contributed by atoms with Gasteiger partial charge in [-0.1, -0.05) is 30.3 Å². The predicted molar refractivity (Wildman–Crippen MR) is 84.8 cm³/mol. The van der Waals surface area contributed by atoms with Crippen molar-refractivity contribution in [3.05, 3.63) is 42.5 Å². The van der Waals surface area contributed by atoms with Crippen molar-refractivity contribution in [1.82, 2.24) is 9.21 Å². The van der Waals surface area contributed by atoms with E-state index in [4.69, 9.17) is 0 Å². The normalized spacial score (nSPS) is 20.4. The van der Waals surface area contributed by atoms with Crippen LogP contribution < -0.4 is 0 Å². The number of nitrogens with zero attached hydrogens (tertiary/aromatic N) is 2. The number of hydrogen-bond acceptors (Lipinski definition) is 3. The molecule has 5 heteroatoms. The van der Waals surface area contributed by atoms with Crippen molar-refractivity contribution in [3.8, 4) is 0 Å². The maximum atomic E-state index is 12.8. The van der Waals surface area contributed by atoms with Gasteiger partial charge in [0.25, 0.3) is 0 Å². The van der Waals surface area contributed by atoms with Crippen LogP contribution in [0, 0.1) is 0 Å². The van der Waals surface area contributed by atoms with Crippen molar-refractivity contribution in [3.63, 3.8) is 0 Å². The number of benzene rings is 2. The first-order valence-corrected chi connectivity index (χ1v) is 8.58. The molecule has 0 amide bonds. The molecule has 0 aromatic heterocycles. The number of sulfonamides is 1. The molecule has 1 fully saturated rings. The van der Waals surface area contributed by atoms with E-state index in [2.05, 4.69) is 4.90 Å². The van der Waals surface area contributed by atoms with Crippen LogP contribution in [0.5, 0.6) is 0 Å². The molecular formula is C16H20N2O2S. The Morgan fingerprint density at radius 3 is 2.48 bits per heavy atom. The summed E-state index contributed by atoms with van der Waals surface area (Å²) < 4.78 is 27.1. The molecule has 2 aromatic rings. The fourth-order valence-corrected chi connectivity index (χ4v) is 4.36. The lowest BCUT2D eigenvalue weighted by Gasteiger charge is -2.20. The smallest absolute Gasteiger partial charge is 0.243 e. The molecule has 1 saturated heterocycles. The van der Waals surface area contributed by atoms with Gasteiger partial charge in [-0.05, 0) is 43.4 Å². The summed E-state index contributed by atoms with van der Waals surface area (Å²) in [6.07, 6.45) is 0.889. The van der Waals surface area contributed by atoms with Gasteiger partial charge in [0.1, 0.15) is 0 Å².